The van der Waals surface area contributed by atoms with Crippen LogP contribution in [0.3, 0.4) is 0 Å². The molecule has 0 bridgehead atoms. The van der Waals surface area contributed by atoms with Crippen molar-refractivity contribution in [3.8, 4) is 5.69 Å². The molecule has 0 atom stereocenters. The molecule has 0 radical (unpaired) electrons. The van der Waals surface area contributed by atoms with Gasteiger partial charge in [0.1, 0.15) is 5.69 Å². The van der Waals surface area contributed by atoms with Crippen molar-refractivity contribution in [1.29, 1.82) is 0 Å². The number of nitrogens with zero attached hydrogens (tertiary/aromatic N) is 2. The molecule has 0 saturated carbocycles. The van der Waals surface area contributed by atoms with Gasteiger partial charge in [0.2, 0.25) is 0 Å². The van der Waals surface area contributed by atoms with Gasteiger partial charge in [-0.15, -0.1) is 0 Å². The third-order valence-corrected chi connectivity index (χ3v) is 3.89. The summed E-state index contributed by atoms with van der Waals surface area (Å²) in [5.74, 6) is -0.864. The molecule has 24 heavy (non-hydrogen) atoms. The number of hydrogen-bond acceptors (Lipinski definition) is 2. The van der Waals surface area contributed by atoms with Crippen molar-refractivity contribution in [3.63, 3.8) is 0 Å². The number of amides is 1. The summed E-state index contributed by atoms with van der Waals surface area (Å²) < 4.78 is 16.0. The molecule has 0 aliphatic heterocycles. The number of nitrogens with one attached hydrogen (secondary N) is 1. The zero-order chi connectivity index (χ0) is 17.3. The molecule has 6 heteroatoms. The Bertz CT molecular complexity index is 920. The predicted molar refractivity (Wildman–Crippen MR) is 92.4 cm³/mol. The summed E-state index contributed by atoms with van der Waals surface area (Å²) in [5, 5.41) is 7.25. The molecule has 0 fully saturated rings. The van der Waals surface area contributed by atoms with Gasteiger partial charge in [-0.25, -0.2) is 9.07 Å². The fourth-order valence-electron chi connectivity index (χ4n) is 2.47. The monoisotopic (exact) mass is 343 g/mol. The fraction of sp³-hybridized carbons (Fsp3) is 0.111. The summed E-state index contributed by atoms with van der Waals surface area (Å²) in [7, 11) is 0. The summed E-state index contributed by atoms with van der Waals surface area (Å²) >= 11 is 6.00. The summed E-state index contributed by atoms with van der Waals surface area (Å²) in [6, 6.07) is 13.0. The van der Waals surface area contributed by atoms with Crippen LogP contribution in [0.5, 0.6) is 0 Å². The molecule has 3 rings (SSSR count). The van der Waals surface area contributed by atoms with Crippen LogP contribution < -0.4 is 5.32 Å². The maximum absolute atomic E-state index is 14.4. The Kier molecular flexibility index (Phi) is 4.36. The molecule has 0 unspecified atom stereocenters. The number of carbonyl (C=O) groups is 1. The normalized spacial score (nSPS) is 10.7. The fourth-order valence-corrected chi connectivity index (χ4v) is 2.69. The molecule has 0 spiro atoms. The van der Waals surface area contributed by atoms with E-state index in [-0.39, 0.29) is 5.91 Å². The number of carbonyl (C=O) groups excluding carboxylic acids is 1. The van der Waals surface area contributed by atoms with Crippen LogP contribution in [0.15, 0.2) is 48.5 Å². The second-order valence-corrected chi connectivity index (χ2v) is 5.85. The zero-order valence-corrected chi connectivity index (χ0v) is 13.9. The number of rotatable bonds is 3. The molecule has 2 aromatic carbocycles. The quantitative estimate of drug-likeness (QED) is 0.759. The lowest BCUT2D eigenvalue weighted by Crippen LogP contribution is -2.13. The Labute approximate surface area is 143 Å². The number of hydrogen-bond donors (Lipinski definition) is 1. The molecule has 3 aromatic rings. The van der Waals surface area contributed by atoms with Crippen molar-refractivity contribution in [2.45, 2.75) is 13.8 Å². The molecular formula is C18H15ClFN3O. The van der Waals surface area contributed by atoms with Crippen molar-refractivity contribution >= 4 is 23.2 Å². The molecule has 122 valence electrons. The van der Waals surface area contributed by atoms with Crippen LogP contribution in [0.25, 0.3) is 5.69 Å². The highest BCUT2D eigenvalue weighted by Gasteiger charge is 2.13. The van der Waals surface area contributed by atoms with E-state index in [1.165, 1.54) is 10.7 Å². The van der Waals surface area contributed by atoms with Crippen molar-refractivity contribution < 1.29 is 9.18 Å². The summed E-state index contributed by atoms with van der Waals surface area (Å²) in [6.45, 7) is 3.70. The van der Waals surface area contributed by atoms with Crippen LogP contribution in [0.4, 0.5) is 10.1 Å². The van der Waals surface area contributed by atoms with Crippen LogP contribution in [-0.4, -0.2) is 15.7 Å². The first kappa shape index (κ1) is 16.2. The number of aromatic nitrogens is 2. The number of anilines is 1. The minimum Gasteiger partial charge on any atom is -0.322 e. The Morgan fingerprint density at radius 1 is 1.17 bits per heavy atom. The van der Waals surface area contributed by atoms with E-state index in [4.69, 9.17) is 11.6 Å². The lowest BCUT2D eigenvalue weighted by Gasteiger charge is -2.10. The van der Waals surface area contributed by atoms with Gasteiger partial charge < -0.3 is 5.32 Å². The first-order chi connectivity index (χ1) is 11.5. The molecule has 0 aliphatic carbocycles. The molecule has 1 aromatic heterocycles. The minimum absolute atomic E-state index is 0.330. The average Bonchev–Trinajstić information content (AvgIpc) is 2.86. The maximum Gasteiger partial charge on any atom is 0.257 e. The van der Waals surface area contributed by atoms with E-state index in [9.17, 15) is 9.18 Å². The van der Waals surface area contributed by atoms with Gasteiger partial charge in [-0.3, -0.25) is 4.79 Å². The highest BCUT2D eigenvalue weighted by molar-refractivity contribution is 6.34. The smallest absolute Gasteiger partial charge is 0.257 e. The second kappa shape index (κ2) is 6.45. The van der Waals surface area contributed by atoms with E-state index in [2.05, 4.69) is 10.4 Å². The topological polar surface area (TPSA) is 46.9 Å². The van der Waals surface area contributed by atoms with Crippen LogP contribution in [-0.2, 0) is 0 Å². The SMILES string of the molecule is Cc1cc(C)n(-c2ccc(NC(=O)c3ccccc3Cl)cc2F)n1. The molecule has 0 saturated heterocycles. The third kappa shape index (κ3) is 3.16. The Hall–Kier alpha value is -2.66. The van der Waals surface area contributed by atoms with E-state index >= 15 is 0 Å². The van der Waals surface area contributed by atoms with Crippen LogP contribution >= 0.6 is 11.6 Å². The standard InChI is InChI=1S/C18H15ClFN3O/c1-11-9-12(2)23(22-11)17-8-7-13(10-16(17)20)21-18(24)14-5-3-4-6-15(14)19/h3-10H,1-2H3,(H,21,24). The van der Waals surface area contributed by atoms with Crippen LogP contribution in [0.2, 0.25) is 5.02 Å². The van der Waals surface area contributed by atoms with Crippen LogP contribution in [0, 0.1) is 19.7 Å². The highest BCUT2D eigenvalue weighted by Crippen LogP contribution is 2.21. The number of halogens is 2. The van der Waals surface area contributed by atoms with Gasteiger partial charge in [-0.2, -0.15) is 5.10 Å². The molecular weight excluding hydrogens is 329 g/mol. The highest BCUT2D eigenvalue weighted by atomic mass is 35.5. The molecule has 1 amide bonds. The van der Waals surface area contributed by atoms with E-state index in [0.29, 0.717) is 22.0 Å². The second-order valence-electron chi connectivity index (χ2n) is 5.44. The maximum atomic E-state index is 14.4. The van der Waals surface area contributed by atoms with E-state index in [1.807, 2.05) is 19.9 Å². The predicted octanol–water partition coefficient (Wildman–Crippen LogP) is 4.53. The molecule has 0 aliphatic rings. The lowest BCUT2D eigenvalue weighted by molar-refractivity contribution is 0.102. The Morgan fingerprint density at radius 2 is 1.92 bits per heavy atom. The van der Waals surface area contributed by atoms with Gasteiger partial charge in [0.05, 0.1) is 16.3 Å². The first-order valence-corrected chi connectivity index (χ1v) is 7.72. The molecule has 1 N–H and O–H groups in total. The van der Waals surface area contributed by atoms with Crippen LogP contribution in [0.1, 0.15) is 21.7 Å². The summed E-state index contributed by atoms with van der Waals surface area (Å²) in [4.78, 5) is 12.2. The van der Waals surface area contributed by atoms with Crippen molar-refractivity contribution in [1.82, 2.24) is 9.78 Å². The number of benzene rings is 2. The lowest BCUT2D eigenvalue weighted by atomic mass is 10.2. The molecule has 1 heterocycles. The van der Waals surface area contributed by atoms with Gasteiger partial charge in [-0.1, -0.05) is 23.7 Å². The zero-order valence-electron chi connectivity index (χ0n) is 13.2. The van der Waals surface area contributed by atoms with Gasteiger partial charge in [0.25, 0.3) is 5.91 Å². The minimum atomic E-state index is -0.474. The first-order valence-electron chi connectivity index (χ1n) is 7.35. The van der Waals surface area contributed by atoms with E-state index in [1.54, 1.807) is 36.4 Å². The van der Waals surface area contributed by atoms with Gasteiger partial charge in [-0.05, 0) is 50.2 Å². The number of aryl methyl sites for hydroxylation is 2. The van der Waals surface area contributed by atoms with Crippen molar-refractivity contribution in [2.24, 2.45) is 0 Å². The van der Waals surface area contributed by atoms with Gasteiger partial charge in [0, 0.05) is 11.4 Å². The van der Waals surface area contributed by atoms with E-state index < -0.39 is 5.82 Å². The Balaban J connectivity index is 1.86. The van der Waals surface area contributed by atoms with Gasteiger partial charge in [0.15, 0.2) is 5.82 Å². The van der Waals surface area contributed by atoms with Crippen molar-refractivity contribution in [2.75, 3.05) is 5.32 Å². The Morgan fingerprint density at radius 3 is 2.54 bits per heavy atom. The third-order valence-electron chi connectivity index (χ3n) is 3.56. The average molecular weight is 344 g/mol. The van der Waals surface area contributed by atoms with Gasteiger partial charge >= 0.3 is 0 Å². The summed E-state index contributed by atoms with van der Waals surface area (Å²) in [6.07, 6.45) is 0. The largest absolute Gasteiger partial charge is 0.322 e. The summed E-state index contributed by atoms with van der Waals surface area (Å²) in [5.41, 5.74) is 2.66. The molecule has 4 nitrogen and oxygen atoms in total. The van der Waals surface area contributed by atoms with E-state index in [0.717, 1.165) is 11.4 Å². The van der Waals surface area contributed by atoms with Crippen molar-refractivity contribution in [3.05, 3.63) is 76.3 Å².